The Morgan fingerprint density at radius 1 is 1.38 bits per heavy atom. The van der Waals surface area contributed by atoms with E-state index in [9.17, 15) is 9.90 Å². The Morgan fingerprint density at radius 3 is 2.77 bits per heavy atom. The second-order valence-electron chi connectivity index (χ2n) is 6.96. The summed E-state index contributed by atoms with van der Waals surface area (Å²) in [5.74, 6) is -1.68. The van der Waals surface area contributed by atoms with Crippen LogP contribution in [0.25, 0.3) is 10.9 Å². The van der Waals surface area contributed by atoms with Crippen molar-refractivity contribution in [3.05, 3.63) is 35.0 Å². The van der Waals surface area contributed by atoms with Crippen LogP contribution < -0.4 is 0 Å². The van der Waals surface area contributed by atoms with Gasteiger partial charge in [-0.25, -0.2) is 4.79 Å². The number of halogens is 1. The predicted octanol–water partition coefficient (Wildman–Crippen LogP) is 2.32. The summed E-state index contributed by atoms with van der Waals surface area (Å²) in [7, 11) is 1.28. The highest BCUT2D eigenvalue weighted by molar-refractivity contribution is 6.36. The number of hydrogen-bond donors (Lipinski definition) is 2. The Hall–Kier alpha value is -1.64. The average molecular weight is 382 g/mol. The second-order valence-corrected chi connectivity index (χ2v) is 7.34. The molecule has 4 rings (SSSR count). The minimum Gasteiger partial charge on any atom is -0.467 e. The van der Waals surface area contributed by atoms with E-state index in [0.717, 1.165) is 10.9 Å². The zero-order valence-corrected chi connectivity index (χ0v) is 15.4. The van der Waals surface area contributed by atoms with E-state index in [2.05, 4.69) is 4.98 Å². The lowest BCUT2D eigenvalue weighted by molar-refractivity contribution is -0.218. The van der Waals surface area contributed by atoms with Gasteiger partial charge >= 0.3 is 5.97 Å². The Kier molecular flexibility index (Phi) is 4.05. The average Bonchev–Trinajstić information content (AvgIpc) is 3.20. The minimum absolute atomic E-state index is 0.336. The van der Waals surface area contributed by atoms with Crippen molar-refractivity contribution in [1.29, 1.82) is 0 Å². The molecule has 8 heteroatoms. The van der Waals surface area contributed by atoms with Gasteiger partial charge in [0.05, 0.1) is 24.4 Å². The first-order valence-corrected chi connectivity index (χ1v) is 8.70. The Balaban J connectivity index is 1.91. The molecule has 0 aliphatic carbocycles. The molecule has 3 heterocycles. The maximum Gasteiger partial charge on any atom is 0.344 e. The number of carbonyl (C=O) groups is 1. The zero-order chi connectivity index (χ0) is 18.7. The summed E-state index contributed by atoms with van der Waals surface area (Å²) in [5.41, 5.74) is -0.283. The van der Waals surface area contributed by atoms with Crippen molar-refractivity contribution in [1.82, 2.24) is 4.98 Å². The maximum atomic E-state index is 12.8. The van der Waals surface area contributed by atoms with Crippen molar-refractivity contribution in [2.75, 3.05) is 13.7 Å². The van der Waals surface area contributed by atoms with Gasteiger partial charge in [0.15, 0.2) is 5.79 Å². The van der Waals surface area contributed by atoms with Crippen molar-refractivity contribution in [3.8, 4) is 0 Å². The Morgan fingerprint density at radius 2 is 2.12 bits per heavy atom. The number of esters is 1. The first-order chi connectivity index (χ1) is 12.3. The molecule has 2 aliphatic rings. The molecule has 140 valence electrons. The number of para-hydroxylation sites is 1. The molecule has 0 spiro atoms. The largest absolute Gasteiger partial charge is 0.467 e. The molecular formula is C18H20ClNO6. The van der Waals surface area contributed by atoms with Crippen molar-refractivity contribution >= 4 is 28.5 Å². The van der Waals surface area contributed by atoms with Crippen LogP contribution >= 0.6 is 11.6 Å². The lowest BCUT2D eigenvalue weighted by Crippen LogP contribution is -2.51. The van der Waals surface area contributed by atoms with E-state index in [1.165, 1.54) is 7.11 Å². The predicted molar refractivity (Wildman–Crippen MR) is 92.8 cm³/mol. The molecule has 2 aliphatic heterocycles. The van der Waals surface area contributed by atoms with Crippen LogP contribution in [0.4, 0.5) is 0 Å². The van der Waals surface area contributed by atoms with Crippen LogP contribution in [0, 0.1) is 0 Å². The number of nitrogens with one attached hydrogen (secondary N) is 1. The Labute approximate surface area is 155 Å². The second kappa shape index (κ2) is 5.94. The van der Waals surface area contributed by atoms with E-state index in [0.29, 0.717) is 10.7 Å². The normalized spacial score (nSPS) is 32.7. The minimum atomic E-state index is -1.57. The van der Waals surface area contributed by atoms with Crippen LogP contribution in [0.15, 0.2) is 24.3 Å². The lowest BCUT2D eigenvalue weighted by Gasteiger charge is -2.30. The topological polar surface area (TPSA) is 90.0 Å². The quantitative estimate of drug-likeness (QED) is 0.793. The number of methoxy groups -OCH3 is 1. The maximum absolute atomic E-state index is 12.8. The van der Waals surface area contributed by atoms with E-state index in [1.54, 1.807) is 13.8 Å². The highest BCUT2D eigenvalue weighted by Crippen LogP contribution is 2.54. The van der Waals surface area contributed by atoms with Crippen molar-refractivity contribution in [2.24, 2.45) is 0 Å². The van der Waals surface area contributed by atoms with E-state index in [4.69, 9.17) is 30.5 Å². The van der Waals surface area contributed by atoms with Gasteiger partial charge in [0.2, 0.25) is 5.60 Å². The van der Waals surface area contributed by atoms with E-state index >= 15 is 0 Å². The van der Waals surface area contributed by atoms with Gasteiger partial charge in [-0.15, -0.1) is 0 Å². The summed E-state index contributed by atoms with van der Waals surface area (Å²) < 4.78 is 23.0. The number of aromatic amines is 1. The molecule has 1 aromatic carbocycles. The highest BCUT2D eigenvalue weighted by atomic mass is 35.5. The number of H-pyrrole nitrogens is 1. The molecule has 0 bridgehead atoms. The first kappa shape index (κ1) is 17.8. The van der Waals surface area contributed by atoms with Gasteiger partial charge in [-0.3, -0.25) is 0 Å². The molecule has 0 saturated carbocycles. The summed E-state index contributed by atoms with van der Waals surface area (Å²) in [6.07, 6.45) is -2.51. The summed E-state index contributed by atoms with van der Waals surface area (Å²) in [6.45, 7) is 3.07. The number of aliphatic hydroxyl groups excluding tert-OH is 1. The SMILES string of the molecule is COC(=O)[C@@]12OC(C)(C)O[C@@H]1[C@@H](CO)O[C@H]2c1[nH]c2ccccc2c1Cl. The van der Waals surface area contributed by atoms with Crippen LogP contribution in [-0.2, 0) is 23.7 Å². The molecule has 7 nitrogen and oxygen atoms in total. The van der Waals surface area contributed by atoms with Gasteiger partial charge in [-0.2, -0.15) is 0 Å². The smallest absolute Gasteiger partial charge is 0.344 e. The molecule has 1 aromatic heterocycles. The van der Waals surface area contributed by atoms with Crippen LogP contribution in [0.2, 0.25) is 5.02 Å². The van der Waals surface area contributed by atoms with Gasteiger partial charge < -0.3 is 29.0 Å². The van der Waals surface area contributed by atoms with Gasteiger partial charge in [0.1, 0.15) is 18.3 Å². The van der Waals surface area contributed by atoms with E-state index in [1.807, 2.05) is 24.3 Å². The van der Waals surface area contributed by atoms with E-state index in [-0.39, 0.29) is 6.61 Å². The third kappa shape index (κ3) is 2.32. The number of hydrogen-bond acceptors (Lipinski definition) is 6. The monoisotopic (exact) mass is 381 g/mol. The molecule has 2 fully saturated rings. The molecule has 2 aromatic rings. The van der Waals surface area contributed by atoms with Crippen molar-refractivity contribution in [2.45, 2.75) is 43.5 Å². The number of benzene rings is 1. The fraction of sp³-hybridized carbons (Fsp3) is 0.500. The fourth-order valence-corrected chi connectivity index (χ4v) is 4.25. The number of carbonyl (C=O) groups excluding carboxylic acids is 1. The summed E-state index contributed by atoms with van der Waals surface area (Å²) in [5, 5.41) is 11.0. The van der Waals surface area contributed by atoms with Gasteiger partial charge in [-0.1, -0.05) is 29.8 Å². The number of ether oxygens (including phenoxy) is 4. The summed E-state index contributed by atoms with van der Waals surface area (Å²) >= 11 is 6.58. The van der Waals surface area contributed by atoms with Crippen LogP contribution in [0.1, 0.15) is 25.6 Å². The Bertz CT molecular complexity index is 864. The van der Waals surface area contributed by atoms with Crippen LogP contribution in [-0.4, -0.2) is 53.4 Å². The molecule has 0 radical (unpaired) electrons. The lowest BCUT2D eigenvalue weighted by atomic mass is 9.89. The number of fused-ring (bicyclic) bond motifs is 2. The summed E-state index contributed by atoms with van der Waals surface area (Å²) in [6, 6.07) is 7.49. The number of rotatable bonds is 3. The molecular weight excluding hydrogens is 362 g/mol. The zero-order valence-electron chi connectivity index (χ0n) is 14.6. The standard InChI is InChI=1S/C18H20ClNO6/c1-17(2)25-14-11(8-21)24-15(18(14,26-17)16(22)23-3)13-12(19)9-6-4-5-7-10(9)20-13/h4-7,11,14-15,20-21H,8H2,1-3H3/t11-,14-,15+,18-/m1/s1. The molecule has 4 atom stereocenters. The number of aromatic nitrogens is 1. The van der Waals surface area contributed by atoms with Crippen molar-refractivity contribution < 1.29 is 28.8 Å². The van der Waals surface area contributed by atoms with Crippen molar-refractivity contribution in [3.63, 3.8) is 0 Å². The third-order valence-electron chi connectivity index (χ3n) is 4.90. The number of aliphatic hydroxyl groups is 1. The highest BCUT2D eigenvalue weighted by Gasteiger charge is 2.71. The summed E-state index contributed by atoms with van der Waals surface area (Å²) in [4.78, 5) is 16.0. The fourth-order valence-electron chi connectivity index (χ4n) is 3.94. The molecule has 0 unspecified atom stereocenters. The molecule has 0 amide bonds. The van der Waals surface area contributed by atoms with Gasteiger partial charge in [-0.05, 0) is 19.9 Å². The van der Waals surface area contributed by atoms with Gasteiger partial charge in [0, 0.05) is 10.9 Å². The van der Waals surface area contributed by atoms with Gasteiger partial charge in [0.25, 0.3) is 0 Å². The first-order valence-electron chi connectivity index (χ1n) is 8.33. The third-order valence-corrected chi connectivity index (χ3v) is 5.31. The molecule has 26 heavy (non-hydrogen) atoms. The van der Waals surface area contributed by atoms with E-state index < -0.39 is 35.7 Å². The molecule has 2 saturated heterocycles. The van der Waals surface area contributed by atoms with Crippen LogP contribution in [0.5, 0.6) is 0 Å². The molecule has 2 N–H and O–H groups in total. The van der Waals surface area contributed by atoms with Crippen LogP contribution in [0.3, 0.4) is 0 Å².